The third kappa shape index (κ3) is 4.80. The number of anilines is 1. The second-order valence-corrected chi connectivity index (χ2v) is 3.68. The Morgan fingerprint density at radius 2 is 2.06 bits per heavy atom. The number of carboxylic acid groups (broad SMARTS) is 1. The van der Waals surface area contributed by atoms with Gasteiger partial charge in [0.05, 0.1) is 0 Å². The van der Waals surface area contributed by atoms with Gasteiger partial charge in [-0.2, -0.15) is 0 Å². The standard InChI is InChI=1S/C13H16N2O3/c14-9-3-6-12(16)15-11-5-2-1-4-10(11)7-8-13(17)18/h1-6H,7-9,14H2,(H,15,16)(H,17,18)/b6-3+. The maximum Gasteiger partial charge on any atom is 0.303 e. The van der Waals surface area contributed by atoms with Crippen LogP contribution >= 0.6 is 0 Å². The summed E-state index contributed by atoms with van der Waals surface area (Å²) < 4.78 is 0. The van der Waals surface area contributed by atoms with Crippen molar-refractivity contribution in [2.24, 2.45) is 5.73 Å². The summed E-state index contributed by atoms with van der Waals surface area (Å²) in [6.07, 6.45) is 3.32. The quantitative estimate of drug-likeness (QED) is 0.658. The Labute approximate surface area is 105 Å². The van der Waals surface area contributed by atoms with Crippen LogP contribution in [0.4, 0.5) is 5.69 Å². The minimum Gasteiger partial charge on any atom is -0.481 e. The number of aryl methyl sites for hydroxylation is 1. The molecule has 0 aliphatic rings. The number of nitrogens with one attached hydrogen (secondary N) is 1. The van der Waals surface area contributed by atoms with Crippen LogP contribution in [0.15, 0.2) is 36.4 Å². The molecule has 0 spiro atoms. The first-order valence-electron chi connectivity index (χ1n) is 5.60. The van der Waals surface area contributed by atoms with E-state index in [1.807, 2.05) is 6.07 Å². The molecule has 96 valence electrons. The van der Waals surface area contributed by atoms with Crippen LogP contribution in [-0.2, 0) is 16.0 Å². The fourth-order valence-electron chi connectivity index (χ4n) is 1.45. The van der Waals surface area contributed by atoms with E-state index in [9.17, 15) is 9.59 Å². The van der Waals surface area contributed by atoms with Gasteiger partial charge in [-0.15, -0.1) is 0 Å². The number of nitrogens with two attached hydrogens (primary N) is 1. The van der Waals surface area contributed by atoms with Gasteiger partial charge in [-0.3, -0.25) is 9.59 Å². The smallest absolute Gasteiger partial charge is 0.303 e. The van der Waals surface area contributed by atoms with Crippen molar-refractivity contribution in [3.8, 4) is 0 Å². The van der Waals surface area contributed by atoms with E-state index in [-0.39, 0.29) is 12.3 Å². The zero-order valence-corrected chi connectivity index (χ0v) is 9.93. The molecule has 0 atom stereocenters. The van der Waals surface area contributed by atoms with Crippen LogP contribution in [0.3, 0.4) is 0 Å². The molecule has 0 bridgehead atoms. The first-order chi connectivity index (χ1) is 8.63. The number of carbonyl (C=O) groups is 2. The van der Waals surface area contributed by atoms with E-state index in [1.165, 1.54) is 6.08 Å². The summed E-state index contributed by atoms with van der Waals surface area (Å²) in [5.74, 6) is -1.14. The van der Waals surface area contributed by atoms with Gasteiger partial charge < -0.3 is 16.2 Å². The zero-order chi connectivity index (χ0) is 13.4. The van der Waals surface area contributed by atoms with E-state index >= 15 is 0 Å². The summed E-state index contributed by atoms with van der Waals surface area (Å²) >= 11 is 0. The van der Waals surface area contributed by atoms with Gasteiger partial charge in [-0.1, -0.05) is 24.3 Å². The molecule has 4 N–H and O–H groups in total. The van der Waals surface area contributed by atoms with E-state index < -0.39 is 5.97 Å². The Morgan fingerprint density at radius 1 is 1.33 bits per heavy atom. The van der Waals surface area contributed by atoms with Crippen LogP contribution < -0.4 is 11.1 Å². The SMILES string of the molecule is NC/C=C/C(=O)Nc1ccccc1CCC(=O)O. The molecule has 0 saturated heterocycles. The van der Waals surface area contributed by atoms with E-state index in [1.54, 1.807) is 24.3 Å². The molecule has 1 rings (SSSR count). The van der Waals surface area contributed by atoms with Crippen molar-refractivity contribution in [3.05, 3.63) is 42.0 Å². The molecule has 0 heterocycles. The molecular weight excluding hydrogens is 232 g/mol. The van der Waals surface area contributed by atoms with E-state index in [4.69, 9.17) is 10.8 Å². The van der Waals surface area contributed by atoms with Crippen molar-refractivity contribution in [2.75, 3.05) is 11.9 Å². The number of aliphatic carboxylic acids is 1. The lowest BCUT2D eigenvalue weighted by Gasteiger charge is -2.08. The molecule has 0 fully saturated rings. The molecule has 0 aromatic heterocycles. The molecule has 0 aliphatic carbocycles. The third-order valence-electron chi connectivity index (χ3n) is 2.29. The fourth-order valence-corrected chi connectivity index (χ4v) is 1.45. The van der Waals surface area contributed by atoms with Gasteiger partial charge in [0.1, 0.15) is 0 Å². The third-order valence-corrected chi connectivity index (χ3v) is 2.29. The van der Waals surface area contributed by atoms with Gasteiger partial charge in [0.25, 0.3) is 0 Å². The van der Waals surface area contributed by atoms with Crippen LogP contribution in [0.5, 0.6) is 0 Å². The van der Waals surface area contributed by atoms with E-state index in [0.717, 1.165) is 5.56 Å². The molecule has 0 unspecified atom stereocenters. The summed E-state index contributed by atoms with van der Waals surface area (Å²) in [6, 6.07) is 7.13. The predicted octanol–water partition coefficient (Wildman–Crippen LogP) is 1.16. The van der Waals surface area contributed by atoms with Crippen LogP contribution in [0.25, 0.3) is 0 Å². The normalized spacial score (nSPS) is 10.5. The lowest BCUT2D eigenvalue weighted by Crippen LogP contribution is -2.11. The first kappa shape index (κ1) is 13.9. The Morgan fingerprint density at radius 3 is 2.72 bits per heavy atom. The second-order valence-electron chi connectivity index (χ2n) is 3.68. The summed E-state index contributed by atoms with van der Waals surface area (Å²) in [5, 5.41) is 11.3. The summed E-state index contributed by atoms with van der Waals surface area (Å²) in [6.45, 7) is 0.300. The molecular formula is C13H16N2O3. The molecule has 18 heavy (non-hydrogen) atoms. The molecule has 0 saturated carbocycles. The van der Waals surface area contributed by atoms with Crippen LogP contribution in [0.1, 0.15) is 12.0 Å². The molecule has 1 aromatic rings. The number of benzene rings is 1. The zero-order valence-electron chi connectivity index (χ0n) is 9.93. The highest BCUT2D eigenvalue weighted by Gasteiger charge is 2.06. The van der Waals surface area contributed by atoms with Crippen molar-refractivity contribution < 1.29 is 14.7 Å². The number of hydrogen-bond donors (Lipinski definition) is 3. The van der Waals surface area contributed by atoms with E-state index in [2.05, 4.69) is 5.32 Å². The van der Waals surface area contributed by atoms with Crippen molar-refractivity contribution in [3.63, 3.8) is 0 Å². The predicted molar refractivity (Wildman–Crippen MR) is 69.2 cm³/mol. The van der Waals surface area contributed by atoms with Crippen LogP contribution in [0.2, 0.25) is 0 Å². The van der Waals surface area contributed by atoms with Crippen molar-refractivity contribution in [1.29, 1.82) is 0 Å². The van der Waals surface area contributed by atoms with Gasteiger partial charge in [-0.05, 0) is 18.1 Å². The Balaban J connectivity index is 2.72. The number of hydrogen-bond acceptors (Lipinski definition) is 3. The molecule has 1 aromatic carbocycles. The molecule has 0 radical (unpaired) electrons. The highest BCUT2D eigenvalue weighted by atomic mass is 16.4. The van der Waals surface area contributed by atoms with Crippen LogP contribution in [0, 0.1) is 0 Å². The average Bonchev–Trinajstić information content (AvgIpc) is 2.35. The van der Waals surface area contributed by atoms with E-state index in [0.29, 0.717) is 18.7 Å². The maximum atomic E-state index is 11.5. The Hall–Kier alpha value is -2.14. The lowest BCUT2D eigenvalue weighted by atomic mass is 10.1. The molecule has 0 aliphatic heterocycles. The van der Waals surface area contributed by atoms with Gasteiger partial charge >= 0.3 is 5.97 Å². The topological polar surface area (TPSA) is 92.4 Å². The number of rotatable bonds is 6. The van der Waals surface area contributed by atoms with Crippen LogP contribution in [-0.4, -0.2) is 23.5 Å². The summed E-state index contributed by atoms with van der Waals surface area (Å²) in [7, 11) is 0. The monoisotopic (exact) mass is 248 g/mol. The number of carbonyl (C=O) groups excluding carboxylic acids is 1. The molecule has 5 nitrogen and oxygen atoms in total. The minimum atomic E-state index is -0.862. The molecule has 5 heteroatoms. The second kappa shape index (κ2) is 7.24. The number of amides is 1. The van der Waals surface area contributed by atoms with Crippen molar-refractivity contribution in [2.45, 2.75) is 12.8 Å². The highest BCUT2D eigenvalue weighted by molar-refractivity contribution is 5.99. The number of para-hydroxylation sites is 1. The first-order valence-corrected chi connectivity index (χ1v) is 5.60. The molecule has 1 amide bonds. The Kier molecular flexibility index (Phi) is 5.60. The van der Waals surface area contributed by atoms with Gasteiger partial charge in [0.15, 0.2) is 0 Å². The number of carboxylic acids is 1. The summed E-state index contributed by atoms with van der Waals surface area (Å²) in [4.78, 5) is 22.0. The summed E-state index contributed by atoms with van der Waals surface area (Å²) in [5.41, 5.74) is 6.68. The average molecular weight is 248 g/mol. The minimum absolute atomic E-state index is 0.0333. The van der Waals surface area contributed by atoms with Gasteiger partial charge in [0.2, 0.25) is 5.91 Å². The largest absolute Gasteiger partial charge is 0.481 e. The maximum absolute atomic E-state index is 11.5. The fraction of sp³-hybridized carbons (Fsp3) is 0.231. The highest BCUT2D eigenvalue weighted by Crippen LogP contribution is 2.16. The van der Waals surface area contributed by atoms with Gasteiger partial charge in [0, 0.05) is 24.7 Å². The Bertz CT molecular complexity index is 455. The van der Waals surface area contributed by atoms with Crippen molar-refractivity contribution in [1.82, 2.24) is 0 Å². The van der Waals surface area contributed by atoms with Crippen molar-refractivity contribution >= 4 is 17.6 Å². The lowest BCUT2D eigenvalue weighted by molar-refractivity contribution is -0.136. The van der Waals surface area contributed by atoms with Gasteiger partial charge in [-0.25, -0.2) is 0 Å².